The van der Waals surface area contributed by atoms with E-state index in [2.05, 4.69) is 5.32 Å². The monoisotopic (exact) mass is 312 g/mol. The van der Waals surface area contributed by atoms with Gasteiger partial charge in [-0.25, -0.2) is 4.79 Å². The van der Waals surface area contributed by atoms with Crippen molar-refractivity contribution in [2.24, 2.45) is 11.1 Å². The van der Waals surface area contributed by atoms with Gasteiger partial charge in [-0.15, -0.1) is 0 Å². The van der Waals surface area contributed by atoms with E-state index in [4.69, 9.17) is 27.2 Å². The molecule has 1 aromatic rings. The normalized spacial score (nSPS) is 16.0. The minimum Gasteiger partial charge on any atom is -0.496 e. The molecule has 4 N–H and O–H groups in total. The van der Waals surface area contributed by atoms with E-state index in [1.165, 1.54) is 19.2 Å². The van der Waals surface area contributed by atoms with Gasteiger partial charge < -0.3 is 20.9 Å². The van der Waals surface area contributed by atoms with Crippen LogP contribution >= 0.6 is 11.6 Å². The molecule has 0 aromatic heterocycles. The average molecular weight is 313 g/mol. The number of carboxylic acids is 1. The zero-order valence-corrected chi connectivity index (χ0v) is 12.4. The molecule has 21 heavy (non-hydrogen) atoms. The van der Waals surface area contributed by atoms with Crippen molar-refractivity contribution in [3.63, 3.8) is 0 Å². The van der Waals surface area contributed by atoms with Gasteiger partial charge in [0.25, 0.3) is 0 Å². The largest absolute Gasteiger partial charge is 0.496 e. The molecule has 6 nitrogen and oxygen atoms in total. The number of hydrogen-bond donors (Lipinski definition) is 3. The van der Waals surface area contributed by atoms with Gasteiger partial charge in [0.05, 0.1) is 23.2 Å². The van der Waals surface area contributed by atoms with Crippen molar-refractivity contribution in [1.29, 1.82) is 0 Å². The van der Waals surface area contributed by atoms with E-state index in [-0.39, 0.29) is 28.8 Å². The Morgan fingerprint density at radius 1 is 1.48 bits per heavy atom. The third-order valence-electron chi connectivity index (χ3n) is 3.95. The zero-order chi connectivity index (χ0) is 15.6. The lowest BCUT2D eigenvalue weighted by atomic mass is 9.68. The fraction of sp³-hybridized carbons (Fsp3) is 0.429. The van der Waals surface area contributed by atoms with Crippen LogP contribution in [0.5, 0.6) is 5.75 Å². The number of ether oxygens (including phenoxy) is 1. The summed E-state index contributed by atoms with van der Waals surface area (Å²) in [7, 11) is 1.36. The van der Waals surface area contributed by atoms with Crippen LogP contribution in [0.1, 0.15) is 29.6 Å². The minimum absolute atomic E-state index is 0.0577. The number of methoxy groups -OCH3 is 1. The van der Waals surface area contributed by atoms with E-state index in [1.54, 1.807) is 0 Å². The highest BCUT2D eigenvalue weighted by Gasteiger charge is 2.43. The molecule has 0 spiro atoms. The first kappa shape index (κ1) is 15.6. The van der Waals surface area contributed by atoms with Gasteiger partial charge in [-0.05, 0) is 18.9 Å². The van der Waals surface area contributed by atoms with Crippen LogP contribution in [0, 0.1) is 5.41 Å². The molecule has 1 saturated carbocycles. The SMILES string of the molecule is COc1cc(NC(=O)C2(CN)CCC2)c(Cl)cc1C(=O)O. The average Bonchev–Trinajstić information content (AvgIpc) is 2.39. The molecule has 0 radical (unpaired) electrons. The first-order chi connectivity index (χ1) is 9.93. The number of carbonyl (C=O) groups excluding carboxylic acids is 1. The van der Waals surface area contributed by atoms with Crippen molar-refractivity contribution in [3.05, 3.63) is 22.7 Å². The summed E-state index contributed by atoms with van der Waals surface area (Å²) in [4.78, 5) is 23.4. The first-order valence-corrected chi connectivity index (χ1v) is 6.93. The molecule has 2 rings (SSSR count). The van der Waals surface area contributed by atoms with Gasteiger partial charge in [0, 0.05) is 12.6 Å². The van der Waals surface area contributed by atoms with Crippen LogP contribution in [-0.4, -0.2) is 30.6 Å². The number of rotatable bonds is 5. The Balaban J connectivity index is 2.28. The molecule has 0 atom stereocenters. The number of anilines is 1. The Labute approximate surface area is 127 Å². The molecule has 7 heteroatoms. The van der Waals surface area contributed by atoms with E-state index in [9.17, 15) is 9.59 Å². The summed E-state index contributed by atoms with van der Waals surface area (Å²) in [5, 5.41) is 11.9. The van der Waals surface area contributed by atoms with E-state index in [1.807, 2.05) is 0 Å². The molecule has 0 saturated heterocycles. The summed E-state index contributed by atoms with van der Waals surface area (Å²) in [5.41, 5.74) is 5.41. The van der Waals surface area contributed by atoms with Gasteiger partial charge in [-0.3, -0.25) is 4.79 Å². The number of nitrogens with two attached hydrogens (primary N) is 1. The number of nitrogens with one attached hydrogen (secondary N) is 1. The summed E-state index contributed by atoms with van der Waals surface area (Å²) < 4.78 is 5.02. The van der Waals surface area contributed by atoms with Gasteiger partial charge in [-0.2, -0.15) is 0 Å². The molecule has 0 heterocycles. The number of aromatic carboxylic acids is 1. The van der Waals surface area contributed by atoms with Gasteiger partial charge in [0.1, 0.15) is 11.3 Å². The first-order valence-electron chi connectivity index (χ1n) is 6.56. The topological polar surface area (TPSA) is 102 Å². The van der Waals surface area contributed by atoms with Crippen LogP contribution in [0.15, 0.2) is 12.1 Å². The molecule has 1 amide bonds. The number of carboxylic acid groups (broad SMARTS) is 1. The Morgan fingerprint density at radius 3 is 2.57 bits per heavy atom. The van der Waals surface area contributed by atoms with E-state index in [0.29, 0.717) is 5.69 Å². The van der Waals surface area contributed by atoms with Gasteiger partial charge >= 0.3 is 5.97 Å². The predicted octanol–water partition coefficient (Wildman–Crippen LogP) is 2.11. The molecule has 0 aliphatic heterocycles. The van der Waals surface area contributed by atoms with Crippen molar-refractivity contribution < 1.29 is 19.4 Å². The Kier molecular flexibility index (Phi) is 4.39. The zero-order valence-electron chi connectivity index (χ0n) is 11.6. The maximum absolute atomic E-state index is 12.3. The van der Waals surface area contributed by atoms with Crippen molar-refractivity contribution in [2.45, 2.75) is 19.3 Å². The lowest BCUT2D eigenvalue weighted by Gasteiger charge is -2.39. The maximum atomic E-state index is 12.3. The second-order valence-corrected chi connectivity index (χ2v) is 5.54. The van der Waals surface area contributed by atoms with Crippen molar-refractivity contribution in [3.8, 4) is 5.75 Å². The smallest absolute Gasteiger partial charge is 0.339 e. The standard InChI is InChI=1S/C14H17ClN2O4/c1-21-11-6-10(9(15)5-8(11)12(18)19)17-13(20)14(7-16)3-2-4-14/h5-6H,2-4,7,16H2,1H3,(H,17,20)(H,18,19). The third-order valence-corrected chi connectivity index (χ3v) is 4.26. The van der Waals surface area contributed by atoms with Crippen LogP contribution in [0.4, 0.5) is 5.69 Å². The molecule has 1 aromatic carbocycles. The third kappa shape index (κ3) is 2.82. The second kappa shape index (κ2) is 5.91. The minimum atomic E-state index is -1.15. The summed E-state index contributed by atoms with van der Waals surface area (Å²) >= 11 is 6.04. The Hall–Kier alpha value is -1.79. The van der Waals surface area contributed by atoms with Crippen molar-refractivity contribution in [2.75, 3.05) is 19.0 Å². The van der Waals surface area contributed by atoms with Gasteiger partial charge in [0.2, 0.25) is 5.91 Å². The lowest BCUT2D eigenvalue weighted by molar-refractivity contribution is -0.129. The van der Waals surface area contributed by atoms with E-state index < -0.39 is 11.4 Å². The lowest BCUT2D eigenvalue weighted by Crippen LogP contribution is -2.47. The summed E-state index contributed by atoms with van der Waals surface area (Å²) in [6.07, 6.45) is 2.47. The van der Waals surface area contributed by atoms with E-state index in [0.717, 1.165) is 19.3 Å². The predicted molar refractivity (Wildman–Crippen MR) is 78.9 cm³/mol. The molecule has 1 aliphatic carbocycles. The highest BCUT2D eigenvalue weighted by atomic mass is 35.5. The molecular formula is C14H17ClN2O4. The van der Waals surface area contributed by atoms with Crippen LogP contribution in [0.3, 0.4) is 0 Å². The van der Waals surface area contributed by atoms with Crippen LogP contribution in [0.2, 0.25) is 5.02 Å². The fourth-order valence-corrected chi connectivity index (χ4v) is 2.58. The number of carbonyl (C=O) groups is 2. The van der Waals surface area contributed by atoms with Gasteiger partial charge in [0.15, 0.2) is 0 Å². The number of hydrogen-bond acceptors (Lipinski definition) is 4. The number of halogens is 1. The molecular weight excluding hydrogens is 296 g/mol. The van der Waals surface area contributed by atoms with Crippen LogP contribution in [-0.2, 0) is 4.79 Å². The number of amides is 1. The van der Waals surface area contributed by atoms with Gasteiger partial charge in [-0.1, -0.05) is 18.0 Å². The molecule has 1 fully saturated rings. The summed E-state index contributed by atoms with van der Waals surface area (Å²) in [6.45, 7) is 0.279. The molecule has 1 aliphatic rings. The fourth-order valence-electron chi connectivity index (χ4n) is 2.37. The van der Waals surface area contributed by atoms with Crippen molar-refractivity contribution >= 4 is 29.2 Å². The maximum Gasteiger partial charge on any atom is 0.339 e. The molecule has 114 valence electrons. The van der Waals surface area contributed by atoms with Crippen LogP contribution in [0.25, 0.3) is 0 Å². The quantitative estimate of drug-likeness (QED) is 0.773. The molecule has 0 bridgehead atoms. The highest BCUT2D eigenvalue weighted by molar-refractivity contribution is 6.34. The van der Waals surface area contributed by atoms with Crippen molar-refractivity contribution in [1.82, 2.24) is 0 Å². The highest BCUT2D eigenvalue weighted by Crippen LogP contribution is 2.41. The molecule has 0 unspecified atom stereocenters. The summed E-state index contributed by atoms with van der Waals surface area (Å²) in [6, 6.07) is 2.67. The Morgan fingerprint density at radius 2 is 2.14 bits per heavy atom. The second-order valence-electron chi connectivity index (χ2n) is 5.13. The van der Waals surface area contributed by atoms with Crippen LogP contribution < -0.4 is 15.8 Å². The Bertz CT molecular complexity index is 579. The summed E-state index contributed by atoms with van der Waals surface area (Å²) in [5.74, 6) is -1.20. The van der Waals surface area contributed by atoms with E-state index >= 15 is 0 Å². The number of benzene rings is 1.